The first-order valence-corrected chi connectivity index (χ1v) is 10.5. The predicted octanol–water partition coefficient (Wildman–Crippen LogP) is 4.90. The molecule has 1 aliphatic heterocycles. The van der Waals surface area contributed by atoms with Crippen LogP contribution in [0.2, 0.25) is 0 Å². The summed E-state index contributed by atoms with van der Waals surface area (Å²) in [7, 11) is 1.64. The third-order valence-corrected chi connectivity index (χ3v) is 5.65. The molecule has 0 fully saturated rings. The van der Waals surface area contributed by atoms with Crippen molar-refractivity contribution in [1.29, 1.82) is 0 Å². The number of methoxy groups -OCH3 is 1. The number of hydrogen-bond donors (Lipinski definition) is 3. The van der Waals surface area contributed by atoms with Crippen LogP contribution in [0.1, 0.15) is 29.7 Å². The van der Waals surface area contributed by atoms with Gasteiger partial charge in [0.2, 0.25) is 0 Å². The minimum absolute atomic E-state index is 0.190. The number of allylic oxidation sites excluding steroid dienone is 1. The van der Waals surface area contributed by atoms with E-state index in [0.29, 0.717) is 22.1 Å². The van der Waals surface area contributed by atoms with E-state index >= 15 is 0 Å². The van der Waals surface area contributed by atoms with Crippen LogP contribution in [0.3, 0.4) is 0 Å². The van der Waals surface area contributed by atoms with E-state index in [-0.39, 0.29) is 5.91 Å². The number of carbonyl (C=O) groups is 1. The van der Waals surface area contributed by atoms with Gasteiger partial charge < -0.3 is 20.7 Å². The number of hydrogen-bond acceptors (Lipinski definition) is 3. The number of anilines is 1. The Morgan fingerprint density at radius 2 is 1.74 bits per heavy atom. The highest BCUT2D eigenvalue weighted by Crippen LogP contribution is 2.38. The van der Waals surface area contributed by atoms with Crippen molar-refractivity contribution in [2.24, 2.45) is 0 Å². The maximum absolute atomic E-state index is 13.5. The highest BCUT2D eigenvalue weighted by atomic mass is 32.1. The van der Waals surface area contributed by atoms with E-state index in [0.717, 1.165) is 33.2 Å². The van der Waals surface area contributed by atoms with Crippen molar-refractivity contribution in [3.05, 3.63) is 82.6 Å². The third kappa shape index (κ3) is 4.11. The van der Waals surface area contributed by atoms with Crippen molar-refractivity contribution in [2.45, 2.75) is 26.8 Å². The average molecular weight is 432 g/mol. The molecule has 0 bridgehead atoms. The van der Waals surface area contributed by atoms with E-state index in [1.165, 1.54) is 0 Å². The zero-order valence-electron chi connectivity index (χ0n) is 18.0. The van der Waals surface area contributed by atoms with Crippen LogP contribution < -0.4 is 20.7 Å². The lowest BCUT2D eigenvalue weighted by Gasteiger charge is -2.32. The molecule has 5 nitrogen and oxygen atoms in total. The summed E-state index contributed by atoms with van der Waals surface area (Å²) in [5.74, 6) is 0.510. The second kappa shape index (κ2) is 8.40. The highest BCUT2D eigenvalue weighted by molar-refractivity contribution is 7.80. The monoisotopic (exact) mass is 431 g/mol. The number of ether oxygens (including phenoxy) is 1. The van der Waals surface area contributed by atoms with Gasteiger partial charge in [-0.25, -0.2) is 0 Å². The first-order chi connectivity index (χ1) is 14.9. The summed E-state index contributed by atoms with van der Waals surface area (Å²) in [6.45, 7) is 5.90. The number of amides is 1. The van der Waals surface area contributed by atoms with Gasteiger partial charge in [-0.15, -0.1) is 0 Å². The maximum Gasteiger partial charge on any atom is 0.255 e. The number of aryl methyl sites for hydroxylation is 2. The molecule has 1 amide bonds. The lowest BCUT2D eigenvalue weighted by molar-refractivity contribution is -0.113. The molecule has 0 radical (unpaired) electrons. The summed E-state index contributed by atoms with van der Waals surface area (Å²) in [6.07, 6.45) is 0. The zero-order chi connectivity index (χ0) is 22.1. The molecule has 1 heterocycles. The number of thiocarbonyl (C=S) groups is 1. The number of rotatable bonds is 4. The van der Waals surface area contributed by atoms with E-state index < -0.39 is 6.04 Å². The lowest BCUT2D eigenvalue weighted by atomic mass is 9.90. The Morgan fingerprint density at radius 3 is 2.45 bits per heavy atom. The van der Waals surface area contributed by atoms with Crippen LogP contribution in [0.25, 0.3) is 10.8 Å². The molecule has 0 aliphatic carbocycles. The predicted molar refractivity (Wildman–Crippen MR) is 129 cm³/mol. The topological polar surface area (TPSA) is 62.4 Å². The minimum Gasteiger partial charge on any atom is -0.496 e. The molecule has 3 N–H and O–H groups in total. The number of carbonyl (C=O) groups excluding carboxylic acids is 1. The van der Waals surface area contributed by atoms with Crippen LogP contribution in [-0.2, 0) is 4.79 Å². The SMILES string of the molecule is COc1ccc2ccccc2c1C1NC(=S)NC(C)=C1C(=O)Nc1cc(C)cc(C)c1. The standard InChI is InChI=1S/C25H25N3O2S/c1-14-11-15(2)13-18(12-14)27-24(29)21-16(3)26-25(31)28-23(21)22-19-8-6-5-7-17(19)9-10-20(22)30-4/h5-13,23H,1-4H3,(H,27,29)(H2,26,28,31). The Labute approximate surface area is 187 Å². The Hall–Kier alpha value is -3.38. The van der Waals surface area contributed by atoms with Crippen molar-refractivity contribution >= 4 is 39.7 Å². The maximum atomic E-state index is 13.5. The lowest BCUT2D eigenvalue weighted by Crippen LogP contribution is -2.46. The fourth-order valence-electron chi connectivity index (χ4n) is 4.21. The molecule has 0 spiro atoms. The summed E-state index contributed by atoms with van der Waals surface area (Å²) in [4.78, 5) is 13.5. The molecular weight excluding hydrogens is 406 g/mol. The number of benzene rings is 3. The summed E-state index contributed by atoms with van der Waals surface area (Å²) < 4.78 is 5.70. The van der Waals surface area contributed by atoms with Gasteiger partial charge in [-0.05, 0) is 73.1 Å². The average Bonchev–Trinajstić information content (AvgIpc) is 2.71. The normalized spacial score (nSPS) is 16.0. The second-order valence-electron chi connectivity index (χ2n) is 7.80. The van der Waals surface area contributed by atoms with Gasteiger partial charge in [-0.1, -0.05) is 36.4 Å². The molecule has 1 unspecified atom stereocenters. The van der Waals surface area contributed by atoms with Crippen LogP contribution in [0.15, 0.2) is 65.9 Å². The van der Waals surface area contributed by atoms with E-state index in [2.05, 4.69) is 22.0 Å². The van der Waals surface area contributed by atoms with E-state index in [1.807, 2.05) is 69.3 Å². The Balaban J connectivity index is 1.83. The Kier molecular flexibility index (Phi) is 5.65. The van der Waals surface area contributed by atoms with Gasteiger partial charge in [0.1, 0.15) is 5.75 Å². The molecule has 3 aromatic rings. The van der Waals surface area contributed by atoms with Crippen molar-refractivity contribution < 1.29 is 9.53 Å². The molecule has 0 saturated carbocycles. The fraction of sp³-hybridized carbons (Fsp3) is 0.200. The first kappa shape index (κ1) is 20.9. The summed E-state index contributed by atoms with van der Waals surface area (Å²) >= 11 is 5.44. The molecule has 0 saturated heterocycles. The van der Waals surface area contributed by atoms with Crippen molar-refractivity contribution in [1.82, 2.24) is 10.6 Å². The summed E-state index contributed by atoms with van der Waals surface area (Å²) in [5.41, 5.74) is 5.12. The molecule has 4 rings (SSSR count). The van der Waals surface area contributed by atoms with Crippen LogP contribution in [0.5, 0.6) is 5.75 Å². The van der Waals surface area contributed by atoms with E-state index in [4.69, 9.17) is 17.0 Å². The molecule has 1 aliphatic rings. The largest absolute Gasteiger partial charge is 0.496 e. The zero-order valence-corrected chi connectivity index (χ0v) is 18.8. The molecule has 0 aromatic heterocycles. The van der Waals surface area contributed by atoms with Crippen LogP contribution in [0, 0.1) is 13.8 Å². The first-order valence-electron chi connectivity index (χ1n) is 10.1. The number of fused-ring (bicyclic) bond motifs is 1. The Morgan fingerprint density at radius 1 is 1.03 bits per heavy atom. The van der Waals surface area contributed by atoms with Gasteiger partial charge in [-0.3, -0.25) is 4.79 Å². The minimum atomic E-state index is -0.458. The second-order valence-corrected chi connectivity index (χ2v) is 8.21. The van der Waals surface area contributed by atoms with Gasteiger partial charge in [0.15, 0.2) is 5.11 Å². The van der Waals surface area contributed by atoms with Gasteiger partial charge in [0.25, 0.3) is 5.91 Å². The summed E-state index contributed by atoms with van der Waals surface area (Å²) in [6, 6.07) is 17.5. The van der Waals surface area contributed by atoms with Gasteiger partial charge in [0, 0.05) is 16.9 Å². The van der Waals surface area contributed by atoms with Crippen molar-refractivity contribution in [3.63, 3.8) is 0 Å². The highest BCUT2D eigenvalue weighted by Gasteiger charge is 2.33. The smallest absolute Gasteiger partial charge is 0.255 e. The van der Waals surface area contributed by atoms with Crippen LogP contribution >= 0.6 is 12.2 Å². The molecular formula is C25H25N3O2S. The van der Waals surface area contributed by atoms with Crippen LogP contribution in [-0.4, -0.2) is 18.1 Å². The molecule has 3 aromatic carbocycles. The van der Waals surface area contributed by atoms with Crippen molar-refractivity contribution in [2.75, 3.05) is 12.4 Å². The molecule has 31 heavy (non-hydrogen) atoms. The van der Waals surface area contributed by atoms with Crippen LogP contribution in [0.4, 0.5) is 5.69 Å². The van der Waals surface area contributed by atoms with E-state index in [9.17, 15) is 4.79 Å². The number of nitrogens with one attached hydrogen (secondary N) is 3. The van der Waals surface area contributed by atoms with Gasteiger partial charge in [-0.2, -0.15) is 0 Å². The quantitative estimate of drug-likeness (QED) is 0.513. The van der Waals surface area contributed by atoms with Gasteiger partial charge in [0.05, 0.1) is 18.7 Å². The van der Waals surface area contributed by atoms with Gasteiger partial charge >= 0.3 is 0 Å². The third-order valence-electron chi connectivity index (χ3n) is 5.43. The molecule has 1 atom stereocenters. The molecule has 158 valence electrons. The molecule has 6 heteroatoms. The van der Waals surface area contributed by atoms with Crippen molar-refractivity contribution in [3.8, 4) is 5.75 Å². The Bertz CT molecular complexity index is 1210. The summed E-state index contributed by atoms with van der Waals surface area (Å²) in [5, 5.41) is 12.0. The fourth-order valence-corrected chi connectivity index (χ4v) is 4.48. The van der Waals surface area contributed by atoms with E-state index in [1.54, 1.807) is 7.11 Å².